The highest BCUT2D eigenvalue weighted by Crippen LogP contribution is 2.41. The molecular weight excluding hydrogens is 322 g/mol. The summed E-state index contributed by atoms with van der Waals surface area (Å²) in [4.78, 5) is 13.9. The molecule has 1 amide bonds. The van der Waals surface area contributed by atoms with E-state index in [2.05, 4.69) is 6.08 Å². The van der Waals surface area contributed by atoms with Crippen LogP contribution in [-0.2, 0) is 14.2 Å². The van der Waals surface area contributed by atoms with E-state index in [9.17, 15) is 9.90 Å². The summed E-state index contributed by atoms with van der Waals surface area (Å²) in [6, 6.07) is 0. The molecule has 134 valence electrons. The Kier molecular flexibility index (Phi) is 4.29. The van der Waals surface area contributed by atoms with Gasteiger partial charge in [-0.15, -0.1) is 0 Å². The SMILES string of the molecule is O=C1OC2(CCC(CO)CC2)CN1C1=COC=C(C2=CC=CCC2)O1. The van der Waals surface area contributed by atoms with Gasteiger partial charge in [0, 0.05) is 6.61 Å². The van der Waals surface area contributed by atoms with Gasteiger partial charge in [0.05, 0.1) is 6.54 Å². The van der Waals surface area contributed by atoms with Gasteiger partial charge in [0.15, 0.2) is 12.0 Å². The molecule has 2 aliphatic heterocycles. The number of nitrogens with zero attached hydrogens (tertiary/aromatic N) is 1. The van der Waals surface area contributed by atoms with Crippen LogP contribution in [0, 0.1) is 5.92 Å². The Labute approximate surface area is 147 Å². The number of carbonyl (C=O) groups is 1. The van der Waals surface area contributed by atoms with Crippen molar-refractivity contribution in [1.29, 1.82) is 0 Å². The van der Waals surface area contributed by atoms with Crippen molar-refractivity contribution in [1.82, 2.24) is 4.90 Å². The van der Waals surface area contributed by atoms with Gasteiger partial charge < -0.3 is 19.3 Å². The molecule has 2 fully saturated rings. The van der Waals surface area contributed by atoms with Crippen LogP contribution in [0.2, 0.25) is 0 Å². The molecule has 4 aliphatic rings. The minimum atomic E-state index is -0.471. The van der Waals surface area contributed by atoms with Crippen molar-refractivity contribution in [2.24, 2.45) is 5.92 Å². The third-order valence-corrected chi connectivity index (χ3v) is 5.40. The zero-order valence-corrected chi connectivity index (χ0v) is 14.1. The topological polar surface area (TPSA) is 68.2 Å². The van der Waals surface area contributed by atoms with Gasteiger partial charge in [-0.1, -0.05) is 18.2 Å². The minimum Gasteiger partial charge on any atom is -0.463 e. The van der Waals surface area contributed by atoms with Crippen molar-refractivity contribution in [2.45, 2.75) is 44.1 Å². The second kappa shape index (κ2) is 6.59. The fraction of sp³-hybridized carbons (Fsp3) is 0.526. The Morgan fingerprint density at radius 3 is 2.84 bits per heavy atom. The van der Waals surface area contributed by atoms with E-state index in [1.807, 2.05) is 12.2 Å². The Morgan fingerprint density at radius 2 is 2.12 bits per heavy atom. The van der Waals surface area contributed by atoms with Crippen LogP contribution < -0.4 is 0 Å². The summed E-state index contributed by atoms with van der Waals surface area (Å²) in [6.45, 7) is 0.666. The number of hydrogen-bond donors (Lipinski definition) is 1. The normalized spacial score (nSPS) is 31.7. The van der Waals surface area contributed by atoms with Gasteiger partial charge in [-0.05, 0) is 50.0 Å². The molecule has 6 nitrogen and oxygen atoms in total. The summed E-state index contributed by atoms with van der Waals surface area (Å²) >= 11 is 0. The van der Waals surface area contributed by atoms with Gasteiger partial charge in [-0.2, -0.15) is 0 Å². The summed E-state index contributed by atoms with van der Waals surface area (Å²) in [6.07, 6.45) is 13.9. The Morgan fingerprint density at radius 1 is 1.28 bits per heavy atom. The smallest absolute Gasteiger partial charge is 0.417 e. The first-order valence-corrected chi connectivity index (χ1v) is 8.90. The number of hydrogen-bond acceptors (Lipinski definition) is 5. The van der Waals surface area contributed by atoms with E-state index in [0.717, 1.165) is 44.1 Å². The van der Waals surface area contributed by atoms with Crippen LogP contribution in [0.5, 0.6) is 0 Å². The van der Waals surface area contributed by atoms with Crippen molar-refractivity contribution in [3.63, 3.8) is 0 Å². The third-order valence-electron chi connectivity index (χ3n) is 5.40. The molecular formula is C19H23NO5. The van der Waals surface area contributed by atoms with E-state index < -0.39 is 11.7 Å². The van der Waals surface area contributed by atoms with E-state index in [-0.39, 0.29) is 6.61 Å². The van der Waals surface area contributed by atoms with Gasteiger partial charge in [0.25, 0.3) is 0 Å². The summed E-state index contributed by atoms with van der Waals surface area (Å²) < 4.78 is 17.1. The predicted molar refractivity (Wildman–Crippen MR) is 89.8 cm³/mol. The van der Waals surface area contributed by atoms with Gasteiger partial charge in [0.1, 0.15) is 11.9 Å². The highest BCUT2D eigenvalue weighted by atomic mass is 16.6. The fourth-order valence-corrected chi connectivity index (χ4v) is 3.82. The first-order valence-electron chi connectivity index (χ1n) is 8.90. The Balaban J connectivity index is 1.44. The van der Waals surface area contributed by atoms with E-state index in [0.29, 0.717) is 24.1 Å². The van der Waals surface area contributed by atoms with Crippen molar-refractivity contribution in [3.8, 4) is 0 Å². The third kappa shape index (κ3) is 3.18. The van der Waals surface area contributed by atoms with Crippen LogP contribution in [0.15, 0.2) is 48.0 Å². The standard InChI is InChI=1S/C19H23NO5/c21-10-14-6-8-19(9-7-14)13-20(18(22)25-19)17-12-23-11-16(24-17)15-4-2-1-3-5-15/h1-2,4,11-12,14,21H,3,5-10,13H2. The zero-order chi connectivity index (χ0) is 17.3. The Hall–Kier alpha value is -2.21. The number of allylic oxidation sites excluding steroid dienone is 4. The number of rotatable bonds is 3. The molecule has 0 atom stereocenters. The zero-order valence-electron chi connectivity index (χ0n) is 14.1. The number of ether oxygens (including phenoxy) is 3. The molecule has 2 aliphatic carbocycles. The molecule has 4 rings (SSSR count). The van der Waals surface area contributed by atoms with Crippen molar-refractivity contribution in [2.75, 3.05) is 13.2 Å². The number of aliphatic hydroxyl groups excluding tert-OH is 1. The molecule has 6 heteroatoms. The molecule has 25 heavy (non-hydrogen) atoms. The summed E-state index contributed by atoms with van der Waals surface area (Å²) in [5.74, 6) is 1.33. The summed E-state index contributed by atoms with van der Waals surface area (Å²) in [5.41, 5.74) is 0.583. The van der Waals surface area contributed by atoms with E-state index in [1.54, 1.807) is 6.26 Å². The lowest BCUT2D eigenvalue weighted by Gasteiger charge is -2.34. The average Bonchev–Trinajstić information content (AvgIpc) is 2.99. The van der Waals surface area contributed by atoms with Crippen molar-refractivity contribution < 1.29 is 24.1 Å². The van der Waals surface area contributed by atoms with Crippen LogP contribution in [-0.4, -0.2) is 34.9 Å². The van der Waals surface area contributed by atoms with Gasteiger partial charge in [0.2, 0.25) is 5.88 Å². The molecule has 0 aromatic carbocycles. The maximum atomic E-state index is 12.4. The van der Waals surface area contributed by atoms with Crippen LogP contribution in [0.4, 0.5) is 4.79 Å². The van der Waals surface area contributed by atoms with Gasteiger partial charge >= 0.3 is 6.09 Å². The molecule has 0 aromatic rings. The van der Waals surface area contributed by atoms with Gasteiger partial charge in [-0.3, -0.25) is 0 Å². The lowest BCUT2D eigenvalue weighted by atomic mass is 9.79. The lowest BCUT2D eigenvalue weighted by molar-refractivity contribution is 0.00530. The van der Waals surface area contributed by atoms with E-state index in [4.69, 9.17) is 14.2 Å². The molecule has 1 saturated carbocycles. The number of amides is 1. The van der Waals surface area contributed by atoms with Crippen LogP contribution in [0.1, 0.15) is 38.5 Å². The summed E-state index contributed by atoms with van der Waals surface area (Å²) in [5, 5.41) is 9.30. The highest BCUT2D eigenvalue weighted by Gasteiger charge is 2.49. The second-order valence-electron chi connectivity index (χ2n) is 7.10. The Bertz CT molecular complexity index is 667. The largest absolute Gasteiger partial charge is 0.463 e. The summed E-state index contributed by atoms with van der Waals surface area (Å²) in [7, 11) is 0. The molecule has 0 bridgehead atoms. The van der Waals surface area contributed by atoms with Crippen molar-refractivity contribution in [3.05, 3.63) is 48.0 Å². The number of aliphatic hydroxyl groups is 1. The molecule has 0 radical (unpaired) electrons. The predicted octanol–water partition coefficient (Wildman–Crippen LogP) is 3.32. The minimum absolute atomic E-state index is 0.202. The first-order chi connectivity index (χ1) is 12.2. The molecule has 0 aromatic heterocycles. The van der Waals surface area contributed by atoms with Gasteiger partial charge in [-0.25, -0.2) is 9.69 Å². The quantitative estimate of drug-likeness (QED) is 0.850. The fourth-order valence-electron chi connectivity index (χ4n) is 3.82. The number of carbonyl (C=O) groups excluding carboxylic acids is 1. The van der Waals surface area contributed by atoms with Crippen LogP contribution >= 0.6 is 0 Å². The van der Waals surface area contributed by atoms with Crippen LogP contribution in [0.3, 0.4) is 0 Å². The molecule has 0 unspecified atom stereocenters. The monoisotopic (exact) mass is 345 g/mol. The maximum absolute atomic E-state index is 12.4. The van der Waals surface area contributed by atoms with Crippen molar-refractivity contribution >= 4 is 6.09 Å². The highest BCUT2D eigenvalue weighted by molar-refractivity contribution is 5.72. The van der Waals surface area contributed by atoms with E-state index >= 15 is 0 Å². The maximum Gasteiger partial charge on any atom is 0.417 e. The average molecular weight is 345 g/mol. The molecule has 1 spiro atoms. The molecule has 2 heterocycles. The first kappa shape index (κ1) is 16.3. The van der Waals surface area contributed by atoms with E-state index in [1.165, 1.54) is 11.2 Å². The van der Waals surface area contributed by atoms with Crippen LogP contribution in [0.25, 0.3) is 0 Å². The second-order valence-corrected chi connectivity index (χ2v) is 7.10. The molecule has 1 saturated heterocycles. The lowest BCUT2D eigenvalue weighted by Crippen LogP contribution is -2.39. The molecule has 1 N–H and O–H groups in total.